The van der Waals surface area contributed by atoms with Crippen LogP contribution in [0.15, 0.2) is 0 Å². The van der Waals surface area contributed by atoms with Crippen LogP contribution in [0.4, 0.5) is 13.2 Å². The van der Waals surface area contributed by atoms with E-state index in [1.807, 2.05) is 0 Å². The monoisotopic (exact) mass is 288 g/mol. The molecule has 0 aromatic carbocycles. The first-order valence-electron chi connectivity index (χ1n) is 5.61. The molecule has 1 rings (SSSR count). The summed E-state index contributed by atoms with van der Waals surface area (Å²) in [4.78, 5) is 11.0. The van der Waals surface area contributed by atoms with Crippen molar-refractivity contribution in [1.82, 2.24) is 0 Å². The van der Waals surface area contributed by atoms with E-state index in [0.29, 0.717) is 0 Å². The van der Waals surface area contributed by atoms with Gasteiger partial charge in [0.05, 0.1) is 17.4 Å². The average Bonchev–Trinajstić information content (AvgIpc) is 2.51. The lowest BCUT2D eigenvalue weighted by Gasteiger charge is -2.18. The zero-order valence-corrected chi connectivity index (χ0v) is 10.4. The standard InChI is InChI=1S/C10H15F3O4S/c11-10(12,13)4-1-2-8(9(14)15)7-3-5-18(16,17)6-7/h7-8H,1-6H2,(H,14,15). The van der Waals surface area contributed by atoms with Crippen LogP contribution >= 0.6 is 0 Å². The zero-order valence-electron chi connectivity index (χ0n) is 9.61. The molecule has 1 heterocycles. The fraction of sp³-hybridized carbons (Fsp3) is 0.900. The summed E-state index contributed by atoms with van der Waals surface area (Å²) in [5, 5.41) is 8.96. The Morgan fingerprint density at radius 1 is 1.39 bits per heavy atom. The molecule has 8 heteroatoms. The second kappa shape index (κ2) is 5.46. The van der Waals surface area contributed by atoms with Crippen molar-refractivity contribution in [1.29, 1.82) is 0 Å². The number of carboxylic acid groups (broad SMARTS) is 1. The molecule has 18 heavy (non-hydrogen) atoms. The van der Waals surface area contributed by atoms with E-state index in [1.54, 1.807) is 0 Å². The number of sulfone groups is 1. The average molecular weight is 288 g/mol. The lowest BCUT2D eigenvalue weighted by atomic mass is 9.87. The number of carbonyl (C=O) groups is 1. The number of aliphatic carboxylic acids is 1. The van der Waals surface area contributed by atoms with Gasteiger partial charge in [0.1, 0.15) is 0 Å². The maximum Gasteiger partial charge on any atom is 0.389 e. The smallest absolute Gasteiger partial charge is 0.389 e. The maximum absolute atomic E-state index is 12.0. The Hall–Kier alpha value is -0.790. The van der Waals surface area contributed by atoms with E-state index in [-0.39, 0.29) is 30.8 Å². The van der Waals surface area contributed by atoms with E-state index in [4.69, 9.17) is 5.11 Å². The SMILES string of the molecule is O=C(O)C(CCCC(F)(F)F)C1CCS(=O)(=O)C1. The molecule has 0 spiro atoms. The molecule has 0 bridgehead atoms. The zero-order chi connectivity index (χ0) is 14.0. The lowest BCUT2D eigenvalue weighted by molar-refractivity contribution is -0.147. The minimum Gasteiger partial charge on any atom is -0.481 e. The van der Waals surface area contributed by atoms with Gasteiger partial charge in [-0.2, -0.15) is 13.2 Å². The minimum atomic E-state index is -4.30. The highest BCUT2D eigenvalue weighted by Crippen LogP contribution is 2.31. The van der Waals surface area contributed by atoms with Gasteiger partial charge in [0, 0.05) is 6.42 Å². The molecule has 1 saturated heterocycles. The summed E-state index contributed by atoms with van der Waals surface area (Å²) in [7, 11) is -3.21. The van der Waals surface area contributed by atoms with Gasteiger partial charge in [-0.25, -0.2) is 8.42 Å². The van der Waals surface area contributed by atoms with Gasteiger partial charge in [-0.1, -0.05) is 0 Å². The third kappa shape index (κ3) is 4.83. The van der Waals surface area contributed by atoms with Crippen molar-refractivity contribution in [2.75, 3.05) is 11.5 Å². The van der Waals surface area contributed by atoms with Gasteiger partial charge in [-0.3, -0.25) is 4.79 Å². The lowest BCUT2D eigenvalue weighted by Crippen LogP contribution is -2.25. The molecule has 2 atom stereocenters. The summed E-state index contributed by atoms with van der Waals surface area (Å²) >= 11 is 0. The predicted octanol–water partition coefficient (Wildman–Crippen LogP) is 1.85. The second-order valence-corrected chi connectivity index (χ2v) is 6.84. The molecule has 0 amide bonds. The molecule has 0 aliphatic carbocycles. The molecule has 1 aliphatic rings. The third-order valence-electron chi connectivity index (χ3n) is 3.13. The summed E-state index contributed by atoms with van der Waals surface area (Å²) in [6.07, 6.45) is -5.52. The Balaban J connectivity index is 2.54. The quantitative estimate of drug-likeness (QED) is 0.838. The minimum absolute atomic E-state index is 0.0687. The Bertz CT molecular complexity index is 402. The summed E-state index contributed by atoms with van der Waals surface area (Å²) in [6.45, 7) is 0. The molecule has 4 nitrogen and oxygen atoms in total. The highest BCUT2D eigenvalue weighted by atomic mass is 32.2. The van der Waals surface area contributed by atoms with Crippen LogP contribution in [0.5, 0.6) is 0 Å². The fourth-order valence-electron chi connectivity index (χ4n) is 2.22. The number of hydrogen-bond acceptors (Lipinski definition) is 3. The second-order valence-electron chi connectivity index (χ2n) is 4.62. The van der Waals surface area contributed by atoms with Gasteiger partial charge in [-0.05, 0) is 25.2 Å². The summed E-state index contributed by atoms with van der Waals surface area (Å²) in [5.41, 5.74) is 0. The largest absolute Gasteiger partial charge is 0.481 e. The molecule has 1 N–H and O–H groups in total. The Morgan fingerprint density at radius 2 is 2.00 bits per heavy atom. The van der Waals surface area contributed by atoms with Crippen LogP contribution in [-0.4, -0.2) is 37.2 Å². The van der Waals surface area contributed by atoms with Gasteiger partial charge in [-0.15, -0.1) is 0 Å². The van der Waals surface area contributed by atoms with E-state index in [2.05, 4.69) is 0 Å². The highest BCUT2D eigenvalue weighted by molar-refractivity contribution is 7.91. The van der Waals surface area contributed by atoms with E-state index in [1.165, 1.54) is 0 Å². The summed E-state index contributed by atoms with van der Waals surface area (Å²) in [5.74, 6) is -3.05. The molecule has 1 aliphatic heterocycles. The van der Waals surface area contributed by atoms with E-state index < -0.39 is 40.2 Å². The highest BCUT2D eigenvalue weighted by Gasteiger charge is 2.37. The molecule has 106 valence electrons. The van der Waals surface area contributed by atoms with Crippen molar-refractivity contribution in [3.8, 4) is 0 Å². The summed E-state index contributed by atoms with van der Waals surface area (Å²) < 4.78 is 58.3. The fourth-order valence-corrected chi connectivity index (χ4v) is 4.10. The van der Waals surface area contributed by atoms with Crippen molar-refractivity contribution in [2.45, 2.75) is 31.9 Å². The summed E-state index contributed by atoms with van der Waals surface area (Å²) in [6, 6.07) is 0. The number of alkyl halides is 3. The number of rotatable bonds is 5. The third-order valence-corrected chi connectivity index (χ3v) is 4.92. The Morgan fingerprint density at radius 3 is 2.39 bits per heavy atom. The van der Waals surface area contributed by atoms with E-state index in [0.717, 1.165) is 0 Å². The molecular formula is C10H15F3O4S. The van der Waals surface area contributed by atoms with Crippen molar-refractivity contribution in [2.24, 2.45) is 11.8 Å². The topological polar surface area (TPSA) is 71.4 Å². The molecule has 0 aromatic heterocycles. The molecule has 0 saturated carbocycles. The van der Waals surface area contributed by atoms with Crippen LogP contribution in [0, 0.1) is 11.8 Å². The normalized spacial score (nSPS) is 24.9. The van der Waals surface area contributed by atoms with Gasteiger partial charge >= 0.3 is 12.1 Å². The number of carboxylic acids is 1. The van der Waals surface area contributed by atoms with Gasteiger partial charge in [0.2, 0.25) is 0 Å². The van der Waals surface area contributed by atoms with Crippen LogP contribution < -0.4 is 0 Å². The molecule has 1 fully saturated rings. The van der Waals surface area contributed by atoms with Crippen LogP contribution in [0.25, 0.3) is 0 Å². The predicted molar refractivity (Wildman–Crippen MR) is 57.8 cm³/mol. The van der Waals surface area contributed by atoms with Crippen molar-refractivity contribution < 1.29 is 31.5 Å². The van der Waals surface area contributed by atoms with Gasteiger partial charge in [0.25, 0.3) is 0 Å². The van der Waals surface area contributed by atoms with Crippen LogP contribution in [0.2, 0.25) is 0 Å². The molecule has 0 aromatic rings. The van der Waals surface area contributed by atoms with Crippen molar-refractivity contribution in [3.05, 3.63) is 0 Å². The van der Waals surface area contributed by atoms with Gasteiger partial charge < -0.3 is 5.11 Å². The number of hydrogen-bond donors (Lipinski definition) is 1. The van der Waals surface area contributed by atoms with Crippen molar-refractivity contribution in [3.63, 3.8) is 0 Å². The molecular weight excluding hydrogens is 273 g/mol. The Labute approximate surface area is 103 Å². The van der Waals surface area contributed by atoms with Crippen LogP contribution in [0.1, 0.15) is 25.7 Å². The van der Waals surface area contributed by atoms with E-state index >= 15 is 0 Å². The van der Waals surface area contributed by atoms with Crippen molar-refractivity contribution >= 4 is 15.8 Å². The first kappa shape index (κ1) is 15.3. The maximum atomic E-state index is 12.0. The van der Waals surface area contributed by atoms with Crippen LogP contribution in [-0.2, 0) is 14.6 Å². The number of halogens is 3. The molecule has 0 radical (unpaired) electrons. The van der Waals surface area contributed by atoms with Gasteiger partial charge in [0.15, 0.2) is 9.84 Å². The first-order valence-corrected chi connectivity index (χ1v) is 7.43. The first-order chi connectivity index (χ1) is 8.11. The Kier molecular flexibility index (Phi) is 4.63. The van der Waals surface area contributed by atoms with Crippen LogP contribution in [0.3, 0.4) is 0 Å². The molecule has 2 unspecified atom stereocenters. The van der Waals surface area contributed by atoms with E-state index in [9.17, 15) is 26.4 Å².